The molecule has 0 aliphatic rings. The lowest BCUT2D eigenvalue weighted by Crippen LogP contribution is -2.14. The summed E-state index contributed by atoms with van der Waals surface area (Å²) < 4.78 is 5.27. The van der Waals surface area contributed by atoms with E-state index in [1.54, 1.807) is 7.11 Å². The Bertz CT molecular complexity index is 951. The highest BCUT2D eigenvalue weighted by atomic mass is 32.1. The summed E-state index contributed by atoms with van der Waals surface area (Å²) in [6.07, 6.45) is 0.419. The molecular weight excluding hydrogens is 362 g/mol. The molecule has 2 aromatic carbocycles. The third-order valence-electron chi connectivity index (χ3n) is 3.92. The maximum absolute atomic E-state index is 12.3. The van der Waals surface area contributed by atoms with Gasteiger partial charge >= 0.3 is 0 Å². The molecule has 7 heteroatoms. The molecule has 0 saturated heterocycles. The molecule has 0 fully saturated rings. The molecule has 0 atom stereocenters. The van der Waals surface area contributed by atoms with Crippen LogP contribution in [-0.2, 0) is 22.4 Å². The van der Waals surface area contributed by atoms with Crippen molar-refractivity contribution in [3.05, 3.63) is 65.0 Å². The van der Waals surface area contributed by atoms with Crippen LogP contribution < -0.4 is 15.8 Å². The SMILES string of the molecule is COc1ccccc1CC(=O)Nc1nc(-c2ccc(CC(N)=O)cc2)cs1. The predicted octanol–water partition coefficient (Wildman–Crippen LogP) is 3.03. The lowest BCUT2D eigenvalue weighted by molar-refractivity contribution is -0.117. The monoisotopic (exact) mass is 381 g/mol. The second kappa shape index (κ2) is 8.46. The van der Waals surface area contributed by atoms with Crippen LogP contribution in [0, 0.1) is 0 Å². The van der Waals surface area contributed by atoms with Gasteiger partial charge in [-0.25, -0.2) is 4.98 Å². The van der Waals surface area contributed by atoms with Crippen LogP contribution in [0.5, 0.6) is 5.75 Å². The number of para-hydroxylation sites is 1. The maximum atomic E-state index is 12.3. The van der Waals surface area contributed by atoms with Crippen molar-refractivity contribution in [1.82, 2.24) is 4.98 Å². The van der Waals surface area contributed by atoms with Gasteiger partial charge in [-0.05, 0) is 11.6 Å². The van der Waals surface area contributed by atoms with E-state index in [1.165, 1.54) is 11.3 Å². The minimum atomic E-state index is -0.364. The lowest BCUT2D eigenvalue weighted by Gasteiger charge is -2.07. The summed E-state index contributed by atoms with van der Waals surface area (Å²) in [6, 6.07) is 14.9. The second-order valence-corrected chi connectivity index (χ2v) is 6.77. The average molecular weight is 381 g/mol. The molecule has 0 aliphatic heterocycles. The normalized spacial score (nSPS) is 10.4. The van der Waals surface area contributed by atoms with Crippen LogP contribution >= 0.6 is 11.3 Å². The predicted molar refractivity (Wildman–Crippen MR) is 106 cm³/mol. The van der Waals surface area contributed by atoms with Gasteiger partial charge in [0.15, 0.2) is 5.13 Å². The number of rotatable bonds is 7. The van der Waals surface area contributed by atoms with E-state index in [1.807, 2.05) is 53.9 Å². The Morgan fingerprint density at radius 1 is 1.11 bits per heavy atom. The minimum Gasteiger partial charge on any atom is -0.496 e. The number of hydrogen-bond donors (Lipinski definition) is 2. The highest BCUT2D eigenvalue weighted by molar-refractivity contribution is 7.14. The molecule has 3 rings (SSSR count). The van der Waals surface area contributed by atoms with Crippen LogP contribution in [0.2, 0.25) is 0 Å². The maximum Gasteiger partial charge on any atom is 0.230 e. The van der Waals surface area contributed by atoms with Gasteiger partial charge in [-0.3, -0.25) is 9.59 Å². The van der Waals surface area contributed by atoms with E-state index < -0.39 is 0 Å². The van der Waals surface area contributed by atoms with Crippen LogP contribution in [0.3, 0.4) is 0 Å². The molecule has 1 aromatic heterocycles. The van der Waals surface area contributed by atoms with Crippen molar-refractivity contribution in [3.63, 3.8) is 0 Å². The molecule has 1 heterocycles. The van der Waals surface area contributed by atoms with E-state index in [-0.39, 0.29) is 24.7 Å². The van der Waals surface area contributed by atoms with Crippen molar-refractivity contribution in [2.45, 2.75) is 12.8 Å². The second-order valence-electron chi connectivity index (χ2n) is 5.91. The number of ether oxygens (including phenoxy) is 1. The summed E-state index contributed by atoms with van der Waals surface area (Å²) in [6.45, 7) is 0. The van der Waals surface area contributed by atoms with Crippen molar-refractivity contribution in [1.29, 1.82) is 0 Å². The number of aromatic nitrogens is 1. The Balaban J connectivity index is 1.65. The molecule has 0 spiro atoms. The Labute approximate surface area is 161 Å². The van der Waals surface area contributed by atoms with Gasteiger partial charge in [-0.2, -0.15) is 0 Å². The highest BCUT2D eigenvalue weighted by Crippen LogP contribution is 2.26. The van der Waals surface area contributed by atoms with Gasteiger partial charge in [-0.1, -0.05) is 42.5 Å². The highest BCUT2D eigenvalue weighted by Gasteiger charge is 2.11. The zero-order valence-electron chi connectivity index (χ0n) is 14.8. The Hall–Kier alpha value is -3.19. The van der Waals surface area contributed by atoms with Crippen molar-refractivity contribution < 1.29 is 14.3 Å². The van der Waals surface area contributed by atoms with Crippen molar-refractivity contribution in [2.24, 2.45) is 5.73 Å². The van der Waals surface area contributed by atoms with Crippen LogP contribution in [0.1, 0.15) is 11.1 Å². The largest absolute Gasteiger partial charge is 0.496 e. The average Bonchev–Trinajstić information content (AvgIpc) is 3.10. The van der Waals surface area contributed by atoms with Gasteiger partial charge in [0.25, 0.3) is 0 Å². The number of hydrogen-bond acceptors (Lipinski definition) is 5. The lowest BCUT2D eigenvalue weighted by atomic mass is 10.1. The summed E-state index contributed by atoms with van der Waals surface area (Å²) in [5.74, 6) is 0.164. The van der Waals surface area contributed by atoms with Gasteiger partial charge in [-0.15, -0.1) is 11.3 Å². The van der Waals surface area contributed by atoms with Crippen LogP contribution in [-0.4, -0.2) is 23.9 Å². The Morgan fingerprint density at radius 2 is 1.85 bits per heavy atom. The molecule has 0 aliphatic carbocycles. The summed E-state index contributed by atoms with van der Waals surface area (Å²) in [4.78, 5) is 27.7. The summed E-state index contributed by atoms with van der Waals surface area (Å²) >= 11 is 1.36. The third-order valence-corrected chi connectivity index (χ3v) is 4.68. The molecule has 2 amide bonds. The summed E-state index contributed by atoms with van der Waals surface area (Å²) in [7, 11) is 1.58. The molecule has 27 heavy (non-hydrogen) atoms. The number of thiazole rings is 1. The van der Waals surface area contributed by atoms with Crippen LogP contribution in [0.25, 0.3) is 11.3 Å². The van der Waals surface area contributed by atoms with Crippen molar-refractivity contribution >= 4 is 28.3 Å². The molecule has 3 N–H and O–H groups in total. The summed E-state index contributed by atoms with van der Waals surface area (Å²) in [5, 5.41) is 5.23. The van der Waals surface area contributed by atoms with Gasteiger partial charge in [0.2, 0.25) is 11.8 Å². The summed E-state index contributed by atoms with van der Waals surface area (Å²) in [5.41, 5.74) is 8.54. The molecule has 0 saturated carbocycles. The van der Waals surface area contributed by atoms with E-state index in [4.69, 9.17) is 10.5 Å². The number of carbonyl (C=O) groups excluding carboxylic acids is 2. The number of nitrogens with two attached hydrogens (primary N) is 1. The van der Waals surface area contributed by atoms with E-state index in [2.05, 4.69) is 10.3 Å². The number of nitrogens with one attached hydrogen (secondary N) is 1. The molecule has 0 unspecified atom stereocenters. The Kier molecular flexibility index (Phi) is 5.83. The number of primary amides is 1. The minimum absolute atomic E-state index is 0.155. The van der Waals surface area contributed by atoms with Crippen molar-refractivity contribution in [3.8, 4) is 17.0 Å². The fraction of sp³-hybridized carbons (Fsp3) is 0.150. The fourth-order valence-corrected chi connectivity index (χ4v) is 3.38. The van der Waals surface area contributed by atoms with Crippen LogP contribution in [0.4, 0.5) is 5.13 Å². The Morgan fingerprint density at radius 3 is 2.56 bits per heavy atom. The zero-order chi connectivity index (χ0) is 19.2. The van der Waals surface area contributed by atoms with Gasteiger partial charge in [0, 0.05) is 16.5 Å². The molecule has 0 bridgehead atoms. The molecule has 3 aromatic rings. The first-order valence-electron chi connectivity index (χ1n) is 8.30. The van der Waals surface area contributed by atoms with E-state index >= 15 is 0 Å². The van der Waals surface area contributed by atoms with Crippen LogP contribution in [0.15, 0.2) is 53.9 Å². The standard InChI is InChI=1S/C20H19N3O3S/c1-26-17-5-3-2-4-15(17)11-19(25)23-20-22-16(12-27-20)14-8-6-13(7-9-14)10-18(21)24/h2-9,12H,10-11H2,1H3,(H2,21,24)(H,22,23,25). The van der Waals surface area contributed by atoms with E-state index in [0.29, 0.717) is 10.9 Å². The van der Waals surface area contributed by atoms with E-state index in [0.717, 1.165) is 22.4 Å². The zero-order valence-corrected chi connectivity index (χ0v) is 15.6. The number of nitrogens with zero attached hydrogens (tertiary/aromatic N) is 1. The quantitative estimate of drug-likeness (QED) is 0.658. The van der Waals surface area contributed by atoms with Gasteiger partial charge < -0.3 is 15.8 Å². The number of methoxy groups -OCH3 is 1. The first-order valence-corrected chi connectivity index (χ1v) is 9.18. The number of benzene rings is 2. The molecular formula is C20H19N3O3S. The van der Waals surface area contributed by atoms with Gasteiger partial charge in [0.05, 0.1) is 25.6 Å². The first-order chi connectivity index (χ1) is 13.0. The fourth-order valence-electron chi connectivity index (χ4n) is 2.64. The molecule has 0 radical (unpaired) electrons. The first kappa shape index (κ1) is 18.6. The smallest absolute Gasteiger partial charge is 0.230 e. The third kappa shape index (κ3) is 4.92. The van der Waals surface area contributed by atoms with Gasteiger partial charge in [0.1, 0.15) is 5.75 Å². The number of carbonyl (C=O) groups is 2. The topological polar surface area (TPSA) is 94.3 Å². The van der Waals surface area contributed by atoms with E-state index in [9.17, 15) is 9.59 Å². The van der Waals surface area contributed by atoms with Crippen molar-refractivity contribution in [2.75, 3.05) is 12.4 Å². The molecule has 6 nitrogen and oxygen atoms in total. The number of amides is 2. The number of anilines is 1. The molecule has 138 valence electrons.